The van der Waals surface area contributed by atoms with Crippen molar-refractivity contribution in [1.29, 1.82) is 0 Å². The molecule has 0 spiro atoms. The Balaban J connectivity index is 2.16. The Hall–Kier alpha value is -1.28. The fraction of sp³-hybridized carbons (Fsp3) is 0. The quantitative estimate of drug-likeness (QED) is 0.715. The highest BCUT2D eigenvalue weighted by Gasteiger charge is 1.96. The van der Waals surface area contributed by atoms with Crippen LogP contribution in [0.25, 0.3) is 0 Å². The van der Waals surface area contributed by atoms with Gasteiger partial charge in [0.05, 0.1) is 0 Å². The third-order valence-electron chi connectivity index (χ3n) is 1.72. The first kappa shape index (κ1) is 9.28. The molecule has 0 saturated heterocycles. The first-order valence-electron chi connectivity index (χ1n) is 4.25. The highest BCUT2D eigenvalue weighted by Crippen LogP contribution is 2.26. The van der Waals surface area contributed by atoms with Gasteiger partial charge in [0, 0.05) is 9.79 Å². The smallest absolute Gasteiger partial charge is 0.123 e. The summed E-state index contributed by atoms with van der Waals surface area (Å²) in [6.45, 7) is 0. The summed E-state index contributed by atoms with van der Waals surface area (Å²) >= 11 is 1.57. The maximum atomic E-state index is 12.6. The van der Waals surface area contributed by atoms with E-state index >= 15 is 0 Å². The van der Waals surface area contributed by atoms with Crippen LogP contribution in [0.15, 0.2) is 58.3 Å². The summed E-state index contributed by atoms with van der Waals surface area (Å²) in [5.74, 6) is -0.202. The summed E-state index contributed by atoms with van der Waals surface area (Å²) in [7, 11) is 0. The molecule has 0 aromatic heterocycles. The predicted molar refractivity (Wildman–Crippen MR) is 55.8 cm³/mol. The Labute approximate surface area is 86.8 Å². The van der Waals surface area contributed by atoms with Crippen LogP contribution in [-0.4, -0.2) is 0 Å². The lowest BCUT2D eigenvalue weighted by Crippen LogP contribution is -1.75. The molecule has 0 aliphatic heterocycles. The van der Waals surface area contributed by atoms with Gasteiger partial charge in [0.25, 0.3) is 0 Å². The second-order valence-electron chi connectivity index (χ2n) is 2.78. The van der Waals surface area contributed by atoms with E-state index in [-0.39, 0.29) is 5.82 Å². The minimum atomic E-state index is -0.202. The average molecular weight is 203 g/mol. The first-order chi connectivity index (χ1) is 6.84. The lowest BCUT2D eigenvalue weighted by molar-refractivity contribution is 0.626. The summed E-state index contributed by atoms with van der Waals surface area (Å²) in [5, 5.41) is 0. The van der Waals surface area contributed by atoms with Gasteiger partial charge in [-0.2, -0.15) is 0 Å². The van der Waals surface area contributed by atoms with Gasteiger partial charge in [-0.3, -0.25) is 0 Å². The number of benzene rings is 2. The van der Waals surface area contributed by atoms with Crippen molar-refractivity contribution in [3.8, 4) is 0 Å². The molecule has 69 valence electrons. The van der Waals surface area contributed by atoms with Crippen LogP contribution in [0.5, 0.6) is 0 Å². The highest BCUT2D eigenvalue weighted by molar-refractivity contribution is 7.99. The summed E-state index contributed by atoms with van der Waals surface area (Å²) in [4.78, 5) is 2.06. The molecule has 0 amide bonds. The molecule has 0 saturated carbocycles. The molecular formula is C12H8FS. The van der Waals surface area contributed by atoms with Gasteiger partial charge in [-0.25, -0.2) is 4.39 Å². The van der Waals surface area contributed by atoms with Crippen LogP contribution in [0.2, 0.25) is 0 Å². The van der Waals surface area contributed by atoms with Crippen molar-refractivity contribution >= 4 is 11.8 Å². The van der Waals surface area contributed by atoms with Crippen molar-refractivity contribution in [2.75, 3.05) is 0 Å². The molecule has 0 fully saturated rings. The zero-order valence-electron chi connectivity index (χ0n) is 7.41. The Bertz CT molecular complexity index is 394. The maximum Gasteiger partial charge on any atom is 0.123 e. The monoisotopic (exact) mass is 203 g/mol. The minimum absolute atomic E-state index is 0.202. The molecule has 0 N–H and O–H groups in total. The number of hydrogen-bond donors (Lipinski definition) is 0. The van der Waals surface area contributed by atoms with Crippen molar-refractivity contribution in [3.05, 3.63) is 60.4 Å². The molecule has 0 nitrogen and oxygen atoms in total. The van der Waals surface area contributed by atoms with Gasteiger partial charge in [0.2, 0.25) is 0 Å². The fourth-order valence-electron chi connectivity index (χ4n) is 1.07. The predicted octanol–water partition coefficient (Wildman–Crippen LogP) is 3.78. The third kappa shape index (κ3) is 2.36. The van der Waals surface area contributed by atoms with Gasteiger partial charge in [-0.15, -0.1) is 0 Å². The lowest BCUT2D eigenvalue weighted by atomic mass is 10.3. The Kier molecular flexibility index (Phi) is 2.84. The summed E-state index contributed by atoms with van der Waals surface area (Å²) in [5.41, 5.74) is 0. The van der Waals surface area contributed by atoms with Crippen molar-refractivity contribution in [1.82, 2.24) is 0 Å². The molecule has 2 aromatic carbocycles. The standard InChI is InChI=1S/C12H8FS/c13-10-6-8-12(9-7-10)14-11-4-2-1-3-5-11/h1-4,6-9H. The van der Waals surface area contributed by atoms with Gasteiger partial charge in [-0.1, -0.05) is 30.0 Å². The minimum Gasteiger partial charge on any atom is -0.207 e. The van der Waals surface area contributed by atoms with E-state index in [0.717, 1.165) is 9.79 Å². The van der Waals surface area contributed by atoms with E-state index in [0.29, 0.717) is 0 Å². The van der Waals surface area contributed by atoms with E-state index in [1.807, 2.05) is 24.3 Å². The van der Waals surface area contributed by atoms with Crippen molar-refractivity contribution in [2.45, 2.75) is 9.79 Å². The van der Waals surface area contributed by atoms with E-state index in [1.165, 1.54) is 12.1 Å². The summed E-state index contributed by atoms with van der Waals surface area (Å²) in [6, 6.07) is 17.3. The molecule has 0 heterocycles. The normalized spacial score (nSPS) is 10.1. The second kappa shape index (κ2) is 4.29. The van der Waals surface area contributed by atoms with E-state index in [1.54, 1.807) is 23.9 Å². The van der Waals surface area contributed by atoms with Crippen LogP contribution in [0.1, 0.15) is 0 Å². The molecule has 0 atom stereocenters. The third-order valence-corrected chi connectivity index (χ3v) is 2.70. The van der Waals surface area contributed by atoms with Crippen molar-refractivity contribution in [3.63, 3.8) is 0 Å². The first-order valence-corrected chi connectivity index (χ1v) is 5.06. The SMILES string of the molecule is Fc1ccc(Sc2[c]cccc2)cc1. The molecule has 2 rings (SSSR count). The van der Waals surface area contributed by atoms with Crippen LogP contribution in [0.3, 0.4) is 0 Å². The van der Waals surface area contributed by atoms with Crippen LogP contribution in [0, 0.1) is 11.9 Å². The highest BCUT2D eigenvalue weighted by atomic mass is 32.2. The van der Waals surface area contributed by atoms with Crippen molar-refractivity contribution < 1.29 is 4.39 Å². The number of hydrogen-bond acceptors (Lipinski definition) is 1. The largest absolute Gasteiger partial charge is 0.207 e. The van der Waals surface area contributed by atoms with Gasteiger partial charge in [-0.05, 0) is 36.4 Å². The van der Waals surface area contributed by atoms with E-state index in [9.17, 15) is 4.39 Å². The molecule has 0 aliphatic carbocycles. The van der Waals surface area contributed by atoms with Crippen LogP contribution in [0.4, 0.5) is 4.39 Å². The Morgan fingerprint density at radius 2 is 1.79 bits per heavy atom. The zero-order chi connectivity index (χ0) is 9.80. The van der Waals surface area contributed by atoms with Gasteiger partial charge < -0.3 is 0 Å². The number of rotatable bonds is 2. The molecule has 0 unspecified atom stereocenters. The summed E-state index contributed by atoms with van der Waals surface area (Å²) < 4.78 is 12.6. The van der Waals surface area contributed by atoms with Crippen molar-refractivity contribution in [2.24, 2.45) is 0 Å². The molecule has 2 heteroatoms. The number of halogens is 1. The van der Waals surface area contributed by atoms with Crippen LogP contribution in [-0.2, 0) is 0 Å². The second-order valence-corrected chi connectivity index (χ2v) is 3.90. The summed E-state index contributed by atoms with van der Waals surface area (Å²) in [6.07, 6.45) is 0. The van der Waals surface area contributed by atoms with E-state index in [4.69, 9.17) is 0 Å². The molecule has 0 aliphatic rings. The Morgan fingerprint density at radius 3 is 2.43 bits per heavy atom. The van der Waals surface area contributed by atoms with E-state index < -0.39 is 0 Å². The van der Waals surface area contributed by atoms with Gasteiger partial charge >= 0.3 is 0 Å². The van der Waals surface area contributed by atoms with E-state index in [2.05, 4.69) is 6.07 Å². The lowest BCUT2D eigenvalue weighted by Gasteiger charge is -1.99. The molecule has 2 aromatic rings. The maximum absolute atomic E-state index is 12.6. The average Bonchev–Trinajstić information content (AvgIpc) is 2.23. The molecule has 14 heavy (non-hydrogen) atoms. The zero-order valence-corrected chi connectivity index (χ0v) is 8.22. The van der Waals surface area contributed by atoms with Crippen LogP contribution < -0.4 is 0 Å². The Morgan fingerprint density at radius 1 is 1.00 bits per heavy atom. The molecule has 0 bridgehead atoms. The van der Waals surface area contributed by atoms with Gasteiger partial charge in [0.1, 0.15) is 5.82 Å². The molecule has 1 radical (unpaired) electrons. The topological polar surface area (TPSA) is 0 Å². The van der Waals surface area contributed by atoms with Crippen LogP contribution >= 0.6 is 11.8 Å². The van der Waals surface area contributed by atoms with Gasteiger partial charge in [0.15, 0.2) is 0 Å². The fourth-order valence-corrected chi connectivity index (χ4v) is 1.87. The molecular weight excluding hydrogens is 195 g/mol.